The molecule has 0 aliphatic rings. The van der Waals surface area contributed by atoms with Crippen LogP contribution in [0.25, 0.3) is 33.7 Å². The maximum atomic E-state index is 10.0. The monoisotopic (exact) mass is 577 g/mol. The summed E-state index contributed by atoms with van der Waals surface area (Å²) < 4.78 is 6.02. The van der Waals surface area contributed by atoms with E-state index >= 15 is 0 Å². The molecule has 2 heterocycles. The van der Waals surface area contributed by atoms with Gasteiger partial charge in [-0.05, 0) is 26.5 Å². The molecule has 2 aromatic carbocycles. The third-order valence-corrected chi connectivity index (χ3v) is 4.24. The van der Waals surface area contributed by atoms with Crippen LogP contribution in [0.15, 0.2) is 83.0 Å². The van der Waals surface area contributed by atoms with Crippen LogP contribution in [0.2, 0.25) is 0 Å². The van der Waals surface area contributed by atoms with E-state index in [1.165, 1.54) is 19.9 Å². The molecule has 2 aromatic heterocycles. The standard InChI is InChI=1S/C20H14NO.C5H8O2.Ir/c1-14-17-12-13-18(15-8-4-2-5-9-15)21-20(17)22-19(14)16-10-6-3-7-11-16;1-4(6)3-5(2)7;/h2-8,10-13H,1H3;3,6H,1-2H3;/q-1;;/b;4-3-;. The molecule has 0 aliphatic carbocycles. The first kappa shape index (κ1) is 23.3. The van der Waals surface area contributed by atoms with E-state index in [0.29, 0.717) is 5.71 Å². The number of aryl methyl sites for hydroxylation is 1. The van der Waals surface area contributed by atoms with Crippen molar-refractivity contribution in [2.75, 3.05) is 0 Å². The first-order valence-corrected chi connectivity index (χ1v) is 9.26. The van der Waals surface area contributed by atoms with Crippen molar-refractivity contribution in [3.8, 4) is 22.6 Å². The second-order valence-corrected chi connectivity index (χ2v) is 6.64. The fraction of sp³-hybridized carbons (Fsp3) is 0.120. The Labute approximate surface area is 189 Å². The van der Waals surface area contributed by atoms with Crippen molar-refractivity contribution in [1.82, 2.24) is 4.98 Å². The van der Waals surface area contributed by atoms with Gasteiger partial charge in [-0.25, -0.2) is 0 Å². The maximum Gasteiger partial charge on any atom is 0.218 e. The van der Waals surface area contributed by atoms with Gasteiger partial charge in [-0.1, -0.05) is 42.5 Å². The van der Waals surface area contributed by atoms with Gasteiger partial charge in [0.15, 0.2) is 5.78 Å². The topological polar surface area (TPSA) is 63.3 Å². The molecule has 0 unspecified atom stereocenters. The molecule has 0 saturated heterocycles. The second kappa shape index (κ2) is 10.7. The van der Waals surface area contributed by atoms with Crippen LogP contribution in [0.1, 0.15) is 19.4 Å². The van der Waals surface area contributed by atoms with Gasteiger partial charge < -0.3 is 9.52 Å². The number of furan rings is 1. The SMILES string of the molecule is CC(=O)/C=C(/C)O.Cc1c(-c2ccccc2)oc2nc(-c3[c-]cccc3)ccc12.[Ir]. The van der Waals surface area contributed by atoms with E-state index in [4.69, 9.17) is 9.52 Å². The van der Waals surface area contributed by atoms with E-state index < -0.39 is 0 Å². The second-order valence-electron chi connectivity index (χ2n) is 6.64. The summed E-state index contributed by atoms with van der Waals surface area (Å²) in [6.45, 7) is 4.92. The smallest absolute Gasteiger partial charge is 0.218 e. The summed E-state index contributed by atoms with van der Waals surface area (Å²) in [5.41, 5.74) is 4.72. The molecular weight excluding hydrogens is 554 g/mol. The molecular formula is C25H22IrNO3-. The third kappa shape index (κ3) is 5.75. The number of hydrogen-bond donors (Lipinski definition) is 1. The number of hydrogen-bond acceptors (Lipinski definition) is 4. The fourth-order valence-corrected chi connectivity index (χ4v) is 2.96. The average molecular weight is 577 g/mol. The van der Waals surface area contributed by atoms with Gasteiger partial charge in [-0.3, -0.25) is 9.78 Å². The largest absolute Gasteiger partial charge is 0.512 e. The van der Waals surface area contributed by atoms with Crippen LogP contribution in [0.3, 0.4) is 0 Å². The van der Waals surface area contributed by atoms with Crippen LogP contribution in [0, 0.1) is 13.0 Å². The first-order chi connectivity index (χ1) is 14.0. The van der Waals surface area contributed by atoms with Gasteiger partial charge in [0.1, 0.15) is 5.76 Å². The number of fused-ring (bicyclic) bond motifs is 1. The number of aromatic nitrogens is 1. The minimum Gasteiger partial charge on any atom is -0.512 e. The predicted octanol–water partition coefficient (Wildman–Crippen LogP) is 6.31. The molecule has 155 valence electrons. The van der Waals surface area contributed by atoms with Crippen LogP contribution in [-0.2, 0) is 24.9 Å². The quantitative estimate of drug-likeness (QED) is 0.177. The molecule has 0 saturated carbocycles. The van der Waals surface area contributed by atoms with E-state index in [0.717, 1.165) is 33.5 Å². The molecule has 1 N–H and O–H groups in total. The van der Waals surface area contributed by atoms with Crippen LogP contribution >= 0.6 is 0 Å². The van der Waals surface area contributed by atoms with Gasteiger partial charge in [-0.2, -0.15) is 0 Å². The van der Waals surface area contributed by atoms with Crippen molar-refractivity contribution in [3.05, 3.63) is 90.2 Å². The number of carbonyl (C=O) groups excluding carboxylic acids is 1. The molecule has 0 atom stereocenters. The first-order valence-electron chi connectivity index (χ1n) is 9.26. The number of rotatable bonds is 3. The van der Waals surface area contributed by atoms with Gasteiger partial charge >= 0.3 is 0 Å². The Morgan fingerprint density at radius 1 is 1.03 bits per heavy atom. The van der Waals surface area contributed by atoms with E-state index in [2.05, 4.69) is 36.2 Å². The zero-order chi connectivity index (χ0) is 20.8. The third-order valence-electron chi connectivity index (χ3n) is 4.24. The summed E-state index contributed by atoms with van der Waals surface area (Å²) in [4.78, 5) is 14.7. The van der Waals surface area contributed by atoms with Crippen LogP contribution in [0.5, 0.6) is 0 Å². The maximum absolute atomic E-state index is 10.0. The van der Waals surface area contributed by atoms with Gasteiger partial charge in [0, 0.05) is 42.7 Å². The molecule has 1 radical (unpaired) electrons. The molecule has 4 nitrogen and oxygen atoms in total. The van der Waals surface area contributed by atoms with Crippen molar-refractivity contribution in [2.45, 2.75) is 20.8 Å². The zero-order valence-corrected chi connectivity index (χ0v) is 19.4. The average Bonchev–Trinajstić information content (AvgIpc) is 3.05. The van der Waals surface area contributed by atoms with E-state index in [9.17, 15) is 4.79 Å². The number of pyridine rings is 1. The zero-order valence-electron chi connectivity index (χ0n) is 17.0. The Kier molecular flexibility index (Phi) is 8.28. The Bertz CT molecular complexity index is 1150. The Morgan fingerprint density at radius 2 is 1.73 bits per heavy atom. The molecule has 30 heavy (non-hydrogen) atoms. The number of carbonyl (C=O) groups is 1. The van der Waals surface area contributed by atoms with E-state index in [-0.39, 0.29) is 31.6 Å². The number of ketones is 1. The minimum atomic E-state index is -0.125. The molecule has 0 aliphatic heterocycles. The summed E-state index contributed by atoms with van der Waals surface area (Å²) >= 11 is 0. The van der Waals surface area contributed by atoms with Crippen molar-refractivity contribution in [3.63, 3.8) is 0 Å². The Hall–Kier alpha value is -3.01. The van der Waals surface area contributed by atoms with Crippen molar-refractivity contribution in [1.29, 1.82) is 0 Å². The molecule has 5 heteroatoms. The Balaban J connectivity index is 0.000000350. The molecule has 0 fully saturated rings. The molecule has 0 amide bonds. The normalized spacial score (nSPS) is 10.7. The van der Waals surface area contributed by atoms with Crippen molar-refractivity contribution < 1.29 is 34.4 Å². The van der Waals surface area contributed by atoms with Crippen LogP contribution in [-0.4, -0.2) is 15.9 Å². The van der Waals surface area contributed by atoms with Gasteiger partial charge in [0.05, 0.1) is 5.76 Å². The summed E-state index contributed by atoms with van der Waals surface area (Å²) in [6.07, 6.45) is 1.17. The number of aliphatic hydroxyl groups excluding tert-OH is 1. The predicted molar refractivity (Wildman–Crippen MR) is 116 cm³/mol. The summed E-state index contributed by atoms with van der Waals surface area (Å²) in [5.74, 6) is 0.824. The minimum absolute atomic E-state index is 0. The molecule has 4 rings (SSSR count). The van der Waals surface area contributed by atoms with Crippen LogP contribution in [0.4, 0.5) is 0 Å². The van der Waals surface area contributed by atoms with E-state index in [1.54, 1.807) is 0 Å². The fourth-order valence-electron chi connectivity index (χ4n) is 2.96. The number of allylic oxidation sites excluding steroid dienone is 2. The van der Waals surface area contributed by atoms with Gasteiger partial charge in [-0.15, -0.1) is 35.9 Å². The molecule has 4 aromatic rings. The van der Waals surface area contributed by atoms with E-state index in [1.807, 2.05) is 48.5 Å². The molecule has 0 bridgehead atoms. The summed E-state index contributed by atoms with van der Waals surface area (Å²) in [6, 6.07) is 25.3. The number of nitrogens with zero attached hydrogens (tertiary/aromatic N) is 1. The summed E-state index contributed by atoms with van der Waals surface area (Å²) in [5, 5.41) is 9.42. The Morgan fingerprint density at radius 3 is 2.30 bits per heavy atom. The van der Waals surface area contributed by atoms with Gasteiger partial charge in [0.2, 0.25) is 5.71 Å². The van der Waals surface area contributed by atoms with Gasteiger partial charge in [0.25, 0.3) is 0 Å². The van der Waals surface area contributed by atoms with Crippen LogP contribution < -0.4 is 0 Å². The number of benzene rings is 2. The molecule has 0 spiro atoms. The number of aliphatic hydroxyl groups is 1. The summed E-state index contributed by atoms with van der Waals surface area (Å²) in [7, 11) is 0. The van der Waals surface area contributed by atoms with Crippen molar-refractivity contribution >= 4 is 16.9 Å². The van der Waals surface area contributed by atoms with Crippen molar-refractivity contribution in [2.24, 2.45) is 0 Å².